The number of aliphatic imine (C=N–C) groups is 1. The Hall–Kier alpha value is -1.30. The molecule has 132 valence electrons. The van der Waals surface area contributed by atoms with E-state index >= 15 is 0 Å². The predicted molar refractivity (Wildman–Crippen MR) is 92.6 cm³/mol. The van der Waals surface area contributed by atoms with E-state index in [1.54, 1.807) is 0 Å². The van der Waals surface area contributed by atoms with Gasteiger partial charge >= 0.3 is 0 Å². The summed E-state index contributed by atoms with van der Waals surface area (Å²) in [4.78, 5) is 21.3. The number of hydrogen-bond donors (Lipinski definition) is 1. The van der Waals surface area contributed by atoms with Crippen molar-refractivity contribution in [3.05, 3.63) is 0 Å². The molecule has 0 aromatic carbocycles. The molecule has 1 N–H and O–H groups in total. The Balaban J connectivity index is 1.83. The van der Waals surface area contributed by atoms with Crippen molar-refractivity contribution < 1.29 is 9.53 Å². The molecule has 1 atom stereocenters. The molecule has 6 nitrogen and oxygen atoms in total. The van der Waals surface area contributed by atoms with Crippen LogP contribution in [-0.2, 0) is 9.53 Å². The minimum Gasteiger partial charge on any atom is -0.368 e. The van der Waals surface area contributed by atoms with Crippen LogP contribution in [0.1, 0.15) is 40.0 Å². The molecule has 2 aliphatic heterocycles. The van der Waals surface area contributed by atoms with Crippen molar-refractivity contribution in [2.75, 3.05) is 45.9 Å². The number of rotatable bonds is 5. The molecular formula is C17H32N4O2. The first-order chi connectivity index (χ1) is 11.1. The number of piperazine rings is 1. The fourth-order valence-electron chi connectivity index (χ4n) is 2.97. The first kappa shape index (κ1) is 18.0. The van der Waals surface area contributed by atoms with E-state index in [2.05, 4.69) is 31.0 Å². The van der Waals surface area contributed by atoms with Gasteiger partial charge < -0.3 is 19.9 Å². The van der Waals surface area contributed by atoms with Gasteiger partial charge in [0.2, 0.25) is 0 Å². The number of carbonyl (C=O) groups excluding carboxylic acids is 1. The molecule has 2 saturated heterocycles. The Morgan fingerprint density at radius 2 is 1.96 bits per heavy atom. The maximum atomic E-state index is 12.4. The van der Waals surface area contributed by atoms with Gasteiger partial charge in [0, 0.05) is 45.9 Å². The summed E-state index contributed by atoms with van der Waals surface area (Å²) in [6.07, 6.45) is 2.78. The molecule has 2 fully saturated rings. The van der Waals surface area contributed by atoms with Gasteiger partial charge in [-0.15, -0.1) is 0 Å². The molecule has 2 rings (SSSR count). The van der Waals surface area contributed by atoms with Gasteiger partial charge in [-0.1, -0.05) is 13.8 Å². The number of hydrogen-bond acceptors (Lipinski definition) is 3. The third-order valence-electron chi connectivity index (χ3n) is 4.40. The van der Waals surface area contributed by atoms with E-state index in [-0.39, 0.29) is 12.0 Å². The van der Waals surface area contributed by atoms with Crippen molar-refractivity contribution in [2.24, 2.45) is 10.9 Å². The van der Waals surface area contributed by atoms with Crippen LogP contribution in [0.3, 0.4) is 0 Å². The van der Waals surface area contributed by atoms with Crippen molar-refractivity contribution in [2.45, 2.75) is 46.1 Å². The fourth-order valence-corrected chi connectivity index (χ4v) is 2.97. The quantitative estimate of drug-likeness (QED) is 0.612. The summed E-state index contributed by atoms with van der Waals surface area (Å²) >= 11 is 0. The van der Waals surface area contributed by atoms with Crippen molar-refractivity contribution in [1.82, 2.24) is 15.1 Å². The molecule has 2 heterocycles. The Kier molecular flexibility index (Phi) is 7.15. The van der Waals surface area contributed by atoms with Crippen LogP contribution in [0.4, 0.5) is 0 Å². The zero-order valence-corrected chi connectivity index (χ0v) is 14.9. The van der Waals surface area contributed by atoms with E-state index in [0.717, 1.165) is 71.1 Å². The normalized spacial score (nSPS) is 22.8. The third-order valence-corrected chi connectivity index (χ3v) is 4.40. The molecule has 0 aromatic rings. The van der Waals surface area contributed by atoms with Gasteiger partial charge in [-0.2, -0.15) is 0 Å². The summed E-state index contributed by atoms with van der Waals surface area (Å²) in [6, 6.07) is 0. The molecule has 2 aliphatic rings. The Labute approximate surface area is 140 Å². The van der Waals surface area contributed by atoms with E-state index < -0.39 is 0 Å². The highest BCUT2D eigenvalue weighted by Gasteiger charge is 2.30. The van der Waals surface area contributed by atoms with Gasteiger partial charge in [0.1, 0.15) is 6.10 Å². The van der Waals surface area contributed by atoms with Crippen molar-refractivity contribution in [3.63, 3.8) is 0 Å². The molecule has 0 spiro atoms. The van der Waals surface area contributed by atoms with Crippen LogP contribution in [0.2, 0.25) is 0 Å². The lowest BCUT2D eigenvalue weighted by molar-refractivity contribution is -0.142. The van der Waals surface area contributed by atoms with E-state index in [1.807, 2.05) is 4.90 Å². The molecule has 6 heteroatoms. The maximum Gasteiger partial charge on any atom is 0.251 e. The number of nitrogens with zero attached hydrogens (tertiary/aromatic N) is 3. The van der Waals surface area contributed by atoms with E-state index in [0.29, 0.717) is 5.92 Å². The minimum atomic E-state index is -0.200. The zero-order chi connectivity index (χ0) is 16.7. The van der Waals surface area contributed by atoms with Crippen molar-refractivity contribution in [3.8, 4) is 0 Å². The topological polar surface area (TPSA) is 57.2 Å². The summed E-state index contributed by atoms with van der Waals surface area (Å²) in [7, 11) is 0. The smallest absolute Gasteiger partial charge is 0.251 e. The van der Waals surface area contributed by atoms with E-state index in [4.69, 9.17) is 9.73 Å². The highest BCUT2D eigenvalue weighted by atomic mass is 16.5. The fraction of sp³-hybridized carbons (Fsp3) is 0.882. The molecular weight excluding hydrogens is 292 g/mol. The summed E-state index contributed by atoms with van der Waals surface area (Å²) in [6.45, 7) is 12.2. The largest absolute Gasteiger partial charge is 0.368 e. The van der Waals surface area contributed by atoms with Gasteiger partial charge in [-0.05, 0) is 32.1 Å². The average Bonchev–Trinajstić information content (AvgIpc) is 3.08. The maximum absolute atomic E-state index is 12.4. The first-order valence-corrected chi connectivity index (χ1v) is 9.05. The summed E-state index contributed by atoms with van der Waals surface area (Å²) in [5.41, 5.74) is 0. The molecule has 23 heavy (non-hydrogen) atoms. The zero-order valence-electron chi connectivity index (χ0n) is 14.9. The molecule has 0 aromatic heterocycles. The highest BCUT2D eigenvalue weighted by molar-refractivity contribution is 5.82. The number of carbonyl (C=O) groups is 1. The predicted octanol–water partition coefficient (Wildman–Crippen LogP) is 1.32. The Morgan fingerprint density at radius 3 is 2.52 bits per heavy atom. The molecule has 1 amide bonds. The average molecular weight is 324 g/mol. The van der Waals surface area contributed by atoms with Gasteiger partial charge in [0.05, 0.1) is 0 Å². The van der Waals surface area contributed by atoms with Crippen LogP contribution < -0.4 is 5.32 Å². The molecule has 0 bridgehead atoms. The van der Waals surface area contributed by atoms with Gasteiger partial charge in [0.15, 0.2) is 5.96 Å². The van der Waals surface area contributed by atoms with Crippen LogP contribution in [0, 0.1) is 5.92 Å². The Morgan fingerprint density at radius 1 is 1.26 bits per heavy atom. The third kappa shape index (κ3) is 5.37. The number of amides is 1. The standard InChI is InChI=1S/C17H32N4O2/c1-4-18-17(19-8-7-14(2)3)21-11-9-20(10-12-21)16(22)15-6-5-13-23-15/h14-15H,4-13H2,1-3H3,(H,18,19). The summed E-state index contributed by atoms with van der Waals surface area (Å²) < 4.78 is 5.52. The van der Waals surface area contributed by atoms with Crippen LogP contribution in [-0.4, -0.2) is 73.6 Å². The number of guanidine groups is 1. The van der Waals surface area contributed by atoms with E-state index in [1.165, 1.54) is 0 Å². The van der Waals surface area contributed by atoms with Gasteiger partial charge in [0.25, 0.3) is 5.91 Å². The molecule has 1 unspecified atom stereocenters. The first-order valence-electron chi connectivity index (χ1n) is 9.05. The van der Waals surface area contributed by atoms with Gasteiger partial charge in [-0.25, -0.2) is 0 Å². The SMILES string of the molecule is CCNC(=NCCC(C)C)N1CCN(C(=O)C2CCCO2)CC1. The van der Waals surface area contributed by atoms with Crippen LogP contribution >= 0.6 is 0 Å². The molecule has 0 saturated carbocycles. The second-order valence-electron chi connectivity index (χ2n) is 6.73. The molecule has 0 aliphatic carbocycles. The van der Waals surface area contributed by atoms with Crippen LogP contribution in [0.25, 0.3) is 0 Å². The van der Waals surface area contributed by atoms with Crippen LogP contribution in [0.5, 0.6) is 0 Å². The highest BCUT2D eigenvalue weighted by Crippen LogP contribution is 2.16. The van der Waals surface area contributed by atoms with Gasteiger partial charge in [-0.3, -0.25) is 9.79 Å². The molecule has 0 radical (unpaired) electrons. The minimum absolute atomic E-state index is 0.170. The number of ether oxygens (including phenoxy) is 1. The van der Waals surface area contributed by atoms with Crippen molar-refractivity contribution >= 4 is 11.9 Å². The lowest BCUT2D eigenvalue weighted by Gasteiger charge is -2.37. The lowest BCUT2D eigenvalue weighted by Crippen LogP contribution is -2.55. The van der Waals surface area contributed by atoms with Crippen LogP contribution in [0.15, 0.2) is 4.99 Å². The van der Waals surface area contributed by atoms with Crippen molar-refractivity contribution in [1.29, 1.82) is 0 Å². The second kappa shape index (κ2) is 9.11. The Bertz CT molecular complexity index is 397. The lowest BCUT2D eigenvalue weighted by atomic mass is 10.1. The van der Waals surface area contributed by atoms with E-state index in [9.17, 15) is 4.79 Å². The second-order valence-corrected chi connectivity index (χ2v) is 6.73. The number of nitrogens with one attached hydrogen (secondary N) is 1. The monoisotopic (exact) mass is 324 g/mol. The summed E-state index contributed by atoms with van der Waals surface area (Å²) in [5, 5.41) is 3.37. The summed E-state index contributed by atoms with van der Waals surface area (Å²) in [5.74, 6) is 1.82.